The van der Waals surface area contributed by atoms with Crippen LogP contribution in [0.1, 0.15) is 21.6 Å². The quantitative estimate of drug-likeness (QED) is 0.521. The molecule has 0 saturated heterocycles. The second-order valence-corrected chi connectivity index (χ2v) is 6.65. The third-order valence-corrected chi connectivity index (χ3v) is 4.59. The van der Waals surface area contributed by atoms with Gasteiger partial charge in [-0.25, -0.2) is 14.8 Å². The van der Waals surface area contributed by atoms with Crippen LogP contribution in [-0.4, -0.2) is 21.0 Å². The Hall–Kier alpha value is -3.73. The van der Waals surface area contributed by atoms with Crippen molar-refractivity contribution in [2.45, 2.75) is 13.8 Å². The predicted molar refractivity (Wildman–Crippen MR) is 107 cm³/mol. The smallest absolute Gasteiger partial charge is 0.335 e. The Morgan fingerprint density at radius 2 is 1.68 bits per heavy atom. The molecule has 0 aliphatic heterocycles. The third-order valence-electron chi connectivity index (χ3n) is 4.59. The summed E-state index contributed by atoms with van der Waals surface area (Å²) in [5, 5.41) is 9.39. The molecule has 4 aromatic rings. The lowest BCUT2D eigenvalue weighted by atomic mass is 9.98. The number of hydrogen-bond acceptors (Lipinski definition) is 4. The largest absolute Gasteiger partial charge is 0.478 e. The molecule has 4 rings (SSSR count). The van der Waals surface area contributed by atoms with E-state index in [2.05, 4.69) is 9.97 Å². The van der Waals surface area contributed by atoms with Gasteiger partial charge in [0.1, 0.15) is 0 Å². The number of hydrogen-bond donors (Lipinski definition) is 1. The van der Waals surface area contributed by atoms with E-state index >= 15 is 0 Å². The zero-order chi connectivity index (χ0) is 19.7. The van der Waals surface area contributed by atoms with Crippen LogP contribution in [0.3, 0.4) is 0 Å². The summed E-state index contributed by atoms with van der Waals surface area (Å²) in [6.07, 6.45) is 3.27. The van der Waals surface area contributed by atoms with Crippen LogP contribution < -0.4 is 0 Å². The molecule has 0 atom stereocenters. The molecule has 28 heavy (non-hydrogen) atoms. The monoisotopic (exact) mass is 370 g/mol. The van der Waals surface area contributed by atoms with E-state index in [9.17, 15) is 9.90 Å². The van der Waals surface area contributed by atoms with Gasteiger partial charge in [0.05, 0.1) is 23.8 Å². The van der Waals surface area contributed by atoms with Crippen LogP contribution in [0.2, 0.25) is 0 Å². The van der Waals surface area contributed by atoms with Crippen LogP contribution >= 0.6 is 0 Å². The lowest BCUT2D eigenvalue weighted by molar-refractivity contribution is 0.0696. The molecule has 0 unspecified atom stereocenters. The Kier molecular flexibility index (Phi) is 4.49. The van der Waals surface area contributed by atoms with Crippen molar-refractivity contribution >= 4 is 5.97 Å². The highest BCUT2D eigenvalue weighted by Gasteiger charge is 2.11. The zero-order valence-corrected chi connectivity index (χ0v) is 15.5. The highest BCUT2D eigenvalue weighted by molar-refractivity contribution is 5.91. The minimum absolute atomic E-state index is 0.303. The van der Waals surface area contributed by atoms with Crippen molar-refractivity contribution in [1.82, 2.24) is 9.97 Å². The van der Waals surface area contributed by atoms with Gasteiger partial charge in [-0.05, 0) is 54.8 Å². The molecule has 0 radical (unpaired) electrons. The Balaban J connectivity index is 1.78. The summed E-state index contributed by atoms with van der Waals surface area (Å²) in [5.41, 5.74) is 6.20. The molecule has 5 nitrogen and oxygen atoms in total. The average Bonchev–Trinajstić information content (AvgIpc) is 3.23. The molecule has 2 aromatic heterocycles. The van der Waals surface area contributed by atoms with Gasteiger partial charge < -0.3 is 9.52 Å². The van der Waals surface area contributed by atoms with Gasteiger partial charge in [-0.3, -0.25) is 0 Å². The first-order valence-electron chi connectivity index (χ1n) is 8.84. The molecule has 0 aliphatic carbocycles. The lowest BCUT2D eigenvalue weighted by Gasteiger charge is -2.09. The van der Waals surface area contributed by atoms with Gasteiger partial charge in [-0.15, -0.1) is 0 Å². The third kappa shape index (κ3) is 3.42. The number of carboxylic acids is 1. The average molecular weight is 370 g/mol. The van der Waals surface area contributed by atoms with Crippen LogP contribution in [0.15, 0.2) is 71.5 Å². The molecular formula is C23H18N2O3. The molecule has 0 saturated carbocycles. The van der Waals surface area contributed by atoms with Gasteiger partial charge in [-0.1, -0.05) is 30.3 Å². The number of nitrogens with zero attached hydrogens (tertiary/aromatic N) is 2. The van der Waals surface area contributed by atoms with Crippen molar-refractivity contribution in [2.24, 2.45) is 0 Å². The van der Waals surface area contributed by atoms with Crippen LogP contribution in [0.5, 0.6) is 0 Å². The molecule has 2 aromatic carbocycles. The molecule has 0 aliphatic rings. The Bertz CT molecular complexity index is 1160. The molecule has 0 spiro atoms. The second-order valence-electron chi connectivity index (χ2n) is 6.65. The molecule has 1 N–H and O–H groups in total. The number of carbonyl (C=O) groups is 1. The van der Waals surface area contributed by atoms with Crippen molar-refractivity contribution in [3.63, 3.8) is 0 Å². The summed E-state index contributed by atoms with van der Waals surface area (Å²) in [6, 6.07) is 17.0. The zero-order valence-electron chi connectivity index (χ0n) is 15.5. The van der Waals surface area contributed by atoms with Crippen LogP contribution in [0, 0.1) is 13.8 Å². The summed E-state index contributed by atoms with van der Waals surface area (Å²) in [7, 11) is 0. The summed E-state index contributed by atoms with van der Waals surface area (Å²) in [5.74, 6) is -0.314. The summed E-state index contributed by atoms with van der Waals surface area (Å²) in [4.78, 5) is 20.7. The van der Waals surface area contributed by atoms with E-state index in [0.717, 1.165) is 39.2 Å². The Morgan fingerprint density at radius 1 is 0.893 bits per heavy atom. The van der Waals surface area contributed by atoms with Crippen molar-refractivity contribution in [3.05, 3.63) is 83.9 Å². The van der Waals surface area contributed by atoms with Gasteiger partial charge >= 0.3 is 5.97 Å². The molecule has 5 heteroatoms. The minimum atomic E-state index is -0.928. The number of aryl methyl sites for hydroxylation is 2. The molecular weight excluding hydrogens is 352 g/mol. The first kappa shape index (κ1) is 17.7. The lowest BCUT2D eigenvalue weighted by Crippen LogP contribution is -1.99. The van der Waals surface area contributed by atoms with E-state index in [4.69, 9.17) is 4.42 Å². The molecule has 0 bridgehead atoms. The maximum Gasteiger partial charge on any atom is 0.335 e. The van der Waals surface area contributed by atoms with Crippen LogP contribution in [-0.2, 0) is 0 Å². The highest BCUT2D eigenvalue weighted by atomic mass is 16.4. The molecule has 2 heterocycles. The Morgan fingerprint density at radius 3 is 2.43 bits per heavy atom. The van der Waals surface area contributed by atoms with E-state index in [0.29, 0.717) is 11.4 Å². The van der Waals surface area contributed by atoms with Gasteiger partial charge in [0, 0.05) is 16.8 Å². The molecule has 138 valence electrons. The fourth-order valence-corrected chi connectivity index (χ4v) is 3.13. The fraction of sp³-hybridized carbons (Fsp3) is 0.0870. The number of aromatic nitrogens is 2. The maximum atomic E-state index is 11.5. The van der Waals surface area contributed by atoms with E-state index in [1.54, 1.807) is 25.5 Å². The maximum absolute atomic E-state index is 11.5. The first-order valence-corrected chi connectivity index (χ1v) is 8.84. The number of rotatable bonds is 4. The van der Waals surface area contributed by atoms with Crippen LogP contribution in [0.4, 0.5) is 0 Å². The normalized spacial score (nSPS) is 10.8. The number of carboxylic acid groups (broad SMARTS) is 1. The van der Waals surface area contributed by atoms with E-state index in [-0.39, 0.29) is 0 Å². The van der Waals surface area contributed by atoms with Crippen LogP contribution in [0.25, 0.3) is 33.8 Å². The van der Waals surface area contributed by atoms with E-state index < -0.39 is 5.97 Å². The number of benzene rings is 2. The van der Waals surface area contributed by atoms with Gasteiger partial charge in [0.25, 0.3) is 0 Å². The summed E-state index contributed by atoms with van der Waals surface area (Å²) >= 11 is 0. The topological polar surface area (TPSA) is 76.2 Å². The highest BCUT2D eigenvalue weighted by Crippen LogP contribution is 2.28. The first-order chi connectivity index (χ1) is 13.5. The second kappa shape index (κ2) is 7.12. The Labute approximate surface area is 162 Å². The van der Waals surface area contributed by atoms with E-state index in [1.165, 1.54) is 0 Å². The SMILES string of the molecule is Cc1cc(-c2ccoc2)nc(-c2cccc(-c3ccc(C)c(C(=O)O)c3)c2)n1. The minimum Gasteiger partial charge on any atom is -0.478 e. The van der Waals surface area contributed by atoms with Crippen molar-refractivity contribution in [2.75, 3.05) is 0 Å². The molecule has 0 fully saturated rings. The fourth-order valence-electron chi connectivity index (χ4n) is 3.13. The van der Waals surface area contributed by atoms with Crippen molar-refractivity contribution in [3.8, 4) is 33.8 Å². The van der Waals surface area contributed by atoms with Crippen molar-refractivity contribution in [1.29, 1.82) is 0 Å². The van der Waals surface area contributed by atoms with Gasteiger partial charge in [-0.2, -0.15) is 0 Å². The molecule has 0 amide bonds. The number of furan rings is 1. The summed E-state index contributed by atoms with van der Waals surface area (Å²) in [6.45, 7) is 3.72. The standard InChI is InChI=1S/C23H18N2O3/c1-14-6-7-17(12-20(14)23(26)27)16-4-3-5-18(11-16)22-24-15(2)10-21(25-22)19-8-9-28-13-19/h3-13H,1-2H3,(H,26,27). The van der Waals surface area contributed by atoms with Gasteiger partial charge in [0.15, 0.2) is 5.82 Å². The summed E-state index contributed by atoms with van der Waals surface area (Å²) < 4.78 is 5.16. The van der Waals surface area contributed by atoms with E-state index in [1.807, 2.05) is 55.5 Å². The number of aromatic carboxylic acids is 1. The predicted octanol–water partition coefficient (Wildman–Crippen LogP) is 5.39. The van der Waals surface area contributed by atoms with Gasteiger partial charge in [0.2, 0.25) is 0 Å². The van der Waals surface area contributed by atoms with Crippen molar-refractivity contribution < 1.29 is 14.3 Å².